The smallest absolute Gasteiger partial charge is 0.328 e. The fourth-order valence-electron chi connectivity index (χ4n) is 5.72. The first kappa shape index (κ1) is 34.1. The standard InChI is InChI=1S/2C13H21NOS.C4H4O4/c2*1-12(2,15)13(11-4-9-16-10-11)5-7-14(3)8-6-13;5-3(6)1-2-4(7)8/h2*4,9-10,15H,5-8H2,1-3H3;1-2H,(H,5,6)(H,7,8). The van der Waals surface area contributed by atoms with Crippen LogP contribution in [0.25, 0.3) is 0 Å². The quantitative estimate of drug-likeness (QED) is 0.356. The highest BCUT2D eigenvalue weighted by atomic mass is 32.1. The van der Waals surface area contributed by atoms with Gasteiger partial charge in [-0.3, -0.25) is 0 Å². The molecule has 0 unspecified atom stereocenters. The van der Waals surface area contributed by atoms with Gasteiger partial charge in [-0.05, 0) is 138 Å². The number of piperidine rings is 2. The minimum atomic E-state index is -1.26. The van der Waals surface area contributed by atoms with Crippen molar-refractivity contribution in [3.05, 3.63) is 56.9 Å². The summed E-state index contributed by atoms with van der Waals surface area (Å²) in [6.07, 6.45) is 5.30. The van der Waals surface area contributed by atoms with E-state index in [0.29, 0.717) is 12.2 Å². The van der Waals surface area contributed by atoms with Gasteiger partial charge in [0.2, 0.25) is 0 Å². The van der Waals surface area contributed by atoms with Crippen molar-refractivity contribution in [2.45, 2.75) is 75.4 Å². The third-order valence-corrected chi connectivity index (χ3v) is 9.91. The average Bonchev–Trinajstić information content (AvgIpc) is 3.59. The molecule has 2 aromatic rings. The fraction of sp³-hybridized carbons (Fsp3) is 0.600. The Morgan fingerprint density at radius 3 is 1.23 bits per heavy atom. The van der Waals surface area contributed by atoms with Crippen LogP contribution in [-0.2, 0) is 20.4 Å². The van der Waals surface area contributed by atoms with Crippen LogP contribution >= 0.6 is 22.7 Å². The molecule has 4 N–H and O–H groups in total. The van der Waals surface area contributed by atoms with Gasteiger partial charge in [0.25, 0.3) is 0 Å². The minimum absolute atomic E-state index is 0.0560. The van der Waals surface area contributed by atoms with E-state index >= 15 is 0 Å². The number of aliphatic hydroxyl groups is 2. The number of thiophene rings is 2. The molecule has 2 aromatic heterocycles. The number of nitrogens with zero attached hydrogens (tertiary/aromatic N) is 2. The van der Waals surface area contributed by atoms with Gasteiger partial charge in [0.1, 0.15) is 0 Å². The lowest BCUT2D eigenvalue weighted by Crippen LogP contribution is -2.53. The Kier molecular flexibility index (Phi) is 12.1. The Morgan fingerprint density at radius 2 is 1.02 bits per heavy atom. The molecule has 0 radical (unpaired) electrons. The molecular formula is C30H46N2O6S2. The van der Waals surface area contributed by atoms with Crippen molar-refractivity contribution in [3.8, 4) is 0 Å². The Balaban J connectivity index is 0.000000224. The molecule has 0 spiro atoms. The van der Waals surface area contributed by atoms with Crippen molar-refractivity contribution in [2.75, 3.05) is 40.3 Å². The zero-order valence-electron chi connectivity index (χ0n) is 24.6. The second-order valence-electron chi connectivity index (χ2n) is 11.9. The summed E-state index contributed by atoms with van der Waals surface area (Å²) in [4.78, 5) is 23.8. The van der Waals surface area contributed by atoms with Crippen LogP contribution < -0.4 is 0 Å². The van der Waals surface area contributed by atoms with Crippen LogP contribution in [0.1, 0.15) is 64.5 Å². The van der Waals surface area contributed by atoms with Gasteiger partial charge in [0.05, 0.1) is 11.2 Å². The molecule has 0 atom stereocenters. The third kappa shape index (κ3) is 8.71. The van der Waals surface area contributed by atoms with Crippen molar-refractivity contribution in [1.29, 1.82) is 0 Å². The highest BCUT2D eigenvalue weighted by Crippen LogP contribution is 2.45. The van der Waals surface area contributed by atoms with E-state index in [4.69, 9.17) is 10.2 Å². The summed E-state index contributed by atoms with van der Waals surface area (Å²) in [5.74, 6) is -2.51. The first-order chi connectivity index (χ1) is 18.5. The number of aliphatic carboxylic acids is 2. The summed E-state index contributed by atoms with van der Waals surface area (Å²) in [6.45, 7) is 12.1. The Hall–Kier alpha value is -2.08. The Bertz CT molecular complexity index is 982. The Morgan fingerprint density at radius 1 is 0.725 bits per heavy atom. The van der Waals surface area contributed by atoms with E-state index in [1.807, 2.05) is 27.7 Å². The van der Waals surface area contributed by atoms with E-state index in [1.165, 1.54) is 11.1 Å². The zero-order valence-corrected chi connectivity index (χ0v) is 26.2. The molecule has 2 aliphatic rings. The van der Waals surface area contributed by atoms with Gasteiger partial charge in [0.15, 0.2) is 0 Å². The predicted octanol–water partition coefficient (Wildman–Crippen LogP) is 4.68. The first-order valence-corrected chi connectivity index (χ1v) is 15.4. The van der Waals surface area contributed by atoms with Gasteiger partial charge in [-0.15, -0.1) is 0 Å². The van der Waals surface area contributed by atoms with Crippen LogP contribution in [0.3, 0.4) is 0 Å². The SMILES string of the molecule is CN1CCC(c2ccsc2)(C(C)(C)O)CC1.CN1CCC(c2ccsc2)(C(C)(C)O)CC1.O=C(O)C=CC(=O)O. The molecular weight excluding hydrogens is 548 g/mol. The maximum atomic E-state index is 10.5. The molecule has 0 aliphatic carbocycles. The van der Waals surface area contributed by atoms with Gasteiger partial charge in [-0.25, -0.2) is 9.59 Å². The van der Waals surface area contributed by atoms with E-state index in [-0.39, 0.29) is 10.8 Å². The molecule has 0 saturated carbocycles. The number of carboxylic acid groups (broad SMARTS) is 2. The number of hydrogen-bond acceptors (Lipinski definition) is 8. The molecule has 8 nitrogen and oxygen atoms in total. The van der Waals surface area contributed by atoms with E-state index < -0.39 is 23.1 Å². The fourth-order valence-corrected chi connectivity index (χ4v) is 7.23. The van der Waals surface area contributed by atoms with Gasteiger partial charge in [-0.1, -0.05) is 0 Å². The molecule has 2 saturated heterocycles. The van der Waals surface area contributed by atoms with Crippen LogP contribution in [0.4, 0.5) is 0 Å². The van der Waals surface area contributed by atoms with E-state index in [2.05, 4.69) is 57.5 Å². The molecule has 0 amide bonds. The van der Waals surface area contributed by atoms with E-state index in [9.17, 15) is 19.8 Å². The van der Waals surface area contributed by atoms with Crippen molar-refractivity contribution in [1.82, 2.24) is 9.80 Å². The number of rotatable bonds is 6. The number of carboxylic acids is 2. The topological polar surface area (TPSA) is 122 Å². The molecule has 4 heterocycles. The van der Waals surface area contributed by atoms with Crippen molar-refractivity contribution < 1.29 is 30.0 Å². The summed E-state index contributed by atoms with van der Waals surface area (Å²) >= 11 is 3.45. The monoisotopic (exact) mass is 594 g/mol. The maximum absolute atomic E-state index is 10.5. The van der Waals surface area contributed by atoms with Crippen molar-refractivity contribution in [2.24, 2.45) is 0 Å². The molecule has 4 rings (SSSR count). The van der Waals surface area contributed by atoms with Crippen molar-refractivity contribution in [3.63, 3.8) is 0 Å². The highest BCUT2D eigenvalue weighted by Gasteiger charge is 2.47. The van der Waals surface area contributed by atoms with Crippen LogP contribution in [0.15, 0.2) is 45.8 Å². The normalized spacial score (nSPS) is 19.7. The summed E-state index contributed by atoms with van der Waals surface area (Å²) in [5.41, 5.74) is 1.24. The van der Waals surface area contributed by atoms with Crippen molar-refractivity contribution >= 4 is 34.6 Å². The second kappa shape index (κ2) is 14.2. The molecule has 224 valence electrons. The van der Waals surface area contributed by atoms with Crippen LogP contribution in [0, 0.1) is 0 Å². The van der Waals surface area contributed by atoms with Crippen LogP contribution in [0.2, 0.25) is 0 Å². The first-order valence-electron chi connectivity index (χ1n) is 13.6. The number of carbonyl (C=O) groups is 2. The lowest BCUT2D eigenvalue weighted by molar-refractivity contribution is -0.134. The summed E-state index contributed by atoms with van der Waals surface area (Å²) < 4.78 is 0. The Labute approximate surface area is 246 Å². The largest absolute Gasteiger partial charge is 0.478 e. The van der Waals surface area contributed by atoms with Gasteiger partial charge >= 0.3 is 11.9 Å². The van der Waals surface area contributed by atoms with Gasteiger partial charge < -0.3 is 30.2 Å². The average molecular weight is 595 g/mol. The second-order valence-corrected chi connectivity index (χ2v) is 13.5. The molecule has 2 aliphatic heterocycles. The molecule has 0 aromatic carbocycles. The minimum Gasteiger partial charge on any atom is -0.478 e. The van der Waals surface area contributed by atoms with Crippen LogP contribution in [0.5, 0.6) is 0 Å². The lowest BCUT2D eigenvalue weighted by Gasteiger charge is -2.48. The number of hydrogen-bond donors (Lipinski definition) is 4. The lowest BCUT2D eigenvalue weighted by atomic mass is 9.64. The van der Waals surface area contributed by atoms with E-state index in [0.717, 1.165) is 51.9 Å². The summed E-state index contributed by atoms with van der Waals surface area (Å²) in [6, 6.07) is 4.35. The van der Waals surface area contributed by atoms with Crippen LogP contribution in [-0.4, -0.2) is 93.6 Å². The molecule has 2 fully saturated rings. The molecule has 10 heteroatoms. The van der Waals surface area contributed by atoms with Gasteiger partial charge in [0, 0.05) is 23.0 Å². The molecule has 40 heavy (non-hydrogen) atoms. The molecule has 0 bridgehead atoms. The van der Waals surface area contributed by atoms with Gasteiger partial charge in [-0.2, -0.15) is 22.7 Å². The maximum Gasteiger partial charge on any atom is 0.328 e. The summed E-state index contributed by atoms with van der Waals surface area (Å²) in [7, 11) is 4.31. The highest BCUT2D eigenvalue weighted by molar-refractivity contribution is 7.08. The summed E-state index contributed by atoms with van der Waals surface area (Å²) in [5, 5.41) is 45.3. The number of likely N-dealkylation sites (tertiary alicyclic amines) is 2. The van der Waals surface area contributed by atoms with E-state index in [1.54, 1.807) is 22.7 Å². The third-order valence-electron chi connectivity index (χ3n) is 8.54. The zero-order chi connectivity index (χ0) is 30.2. The predicted molar refractivity (Wildman–Crippen MR) is 162 cm³/mol.